The third kappa shape index (κ3) is 3.70. The van der Waals surface area contributed by atoms with Crippen molar-refractivity contribution in [3.8, 4) is 17.1 Å². The highest BCUT2D eigenvalue weighted by atomic mass is 35.5. The number of hydrogen-bond donors (Lipinski definition) is 1. The smallest absolute Gasteiger partial charge is 0.259 e. The Balaban J connectivity index is 1.65. The van der Waals surface area contributed by atoms with Crippen LogP contribution in [0.5, 0.6) is 5.75 Å². The molecule has 0 fully saturated rings. The van der Waals surface area contributed by atoms with Gasteiger partial charge in [0.1, 0.15) is 12.1 Å². The van der Waals surface area contributed by atoms with Crippen LogP contribution in [-0.4, -0.2) is 37.8 Å². The third-order valence-corrected chi connectivity index (χ3v) is 4.76. The summed E-state index contributed by atoms with van der Waals surface area (Å²) < 4.78 is 8.82. The molecule has 0 unspecified atom stereocenters. The standard InChI is InChI=1S/C20H17ClN6O2/c1-13-5-6-14(9-17(13)27-12-22-24-25-27)23-20(28)15-10-16(21)18(11-19(15)29-2)26-7-3-4-8-26/h3-12H,1-2H3,(H,23,28). The van der Waals surface area contributed by atoms with Crippen LogP contribution in [-0.2, 0) is 0 Å². The van der Waals surface area contributed by atoms with Crippen molar-refractivity contribution in [2.45, 2.75) is 6.92 Å². The van der Waals surface area contributed by atoms with Gasteiger partial charge in [0.15, 0.2) is 0 Å². The van der Waals surface area contributed by atoms with Crippen molar-refractivity contribution in [1.29, 1.82) is 0 Å². The molecule has 9 heteroatoms. The molecule has 0 saturated carbocycles. The minimum absolute atomic E-state index is 0.331. The van der Waals surface area contributed by atoms with Gasteiger partial charge < -0.3 is 14.6 Å². The van der Waals surface area contributed by atoms with Crippen LogP contribution >= 0.6 is 11.6 Å². The number of methoxy groups -OCH3 is 1. The number of carbonyl (C=O) groups excluding carboxylic acids is 1. The summed E-state index contributed by atoms with van der Waals surface area (Å²) in [7, 11) is 1.52. The van der Waals surface area contributed by atoms with Gasteiger partial charge in [-0.3, -0.25) is 4.79 Å². The van der Waals surface area contributed by atoms with Crippen molar-refractivity contribution >= 4 is 23.2 Å². The van der Waals surface area contributed by atoms with E-state index in [9.17, 15) is 4.79 Å². The molecule has 8 nitrogen and oxygen atoms in total. The highest BCUT2D eigenvalue weighted by Gasteiger charge is 2.17. The predicted octanol–water partition coefficient (Wildman–Crippen LogP) is 3.68. The van der Waals surface area contributed by atoms with Crippen LogP contribution in [0.2, 0.25) is 5.02 Å². The van der Waals surface area contributed by atoms with Gasteiger partial charge in [-0.1, -0.05) is 17.7 Å². The van der Waals surface area contributed by atoms with Crippen LogP contribution in [0.3, 0.4) is 0 Å². The lowest BCUT2D eigenvalue weighted by atomic mass is 10.1. The van der Waals surface area contributed by atoms with Crippen molar-refractivity contribution in [1.82, 2.24) is 24.8 Å². The van der Waals surface area contributed by atoms with Gasteiger partial charge in [-0.25, -0.2) is 4.68 Å². The second-order valence-corrected chi connectivity index (χ2v) is 6.71. The van der Waals surface area contributed by atoms with Crippen LogP contribution in [0.1, 0.15) is 15.9 Å². The second kappa shape index (κ2) is 7.76. The maximum absolute atomic E-state index is 12.9. The van der Waals surface area contributed by atoms with Crippen LogP contribution in [0.4, 0.5) is 5.69 Å². The molecule has 0 aliphatic carbocycles. The van der Waals surface area contributed by atoms with E-state index in [1.165, 1.54) is 18.1 Å². The molecule has 2 heterocycles. The third-order valence-electron chi connectivity index (χ3n) is 4.46. The lowest BCUT2D eigenvalue weighted by Gasteiger charge is -2.14. The zero-order valence-corrected chi connectivity index (χ0v) is 16.5. The van der Waals surface area contributed by atoms with Crippen molar-refractivity contribution in [3.05, 3.63) is 77.3 Å². The van der Waals surface area contributed by atoms with E-state index in [1.54, 1.807) is 18.2 Å². The molecular formula is C20H17ClN6O2. The summed E-state index contributed by atoms with van der Waals surface area (Å²) in [5.74, 6) is 0.0812. The highest BCUT2D eigenvalue weighted by Crippen LogP contribution is 2.31. The number of benzene rings is 2. The summed E-state index contributed by atoms with van der Waals surface area (Å²) in [4.78, 5) is 12.9. The SMILES string of the molecule is COc1cc(-n2cccc2)c(Cl)cc1C(=O)Nc1ccc(C)c(-n2cnnn2)c1. The van der Waals surface area contributed by atoms with Crippen molar-refractivity contribution < 1.29 is 9.53 Å². The zero-order chi connectivity index (χ0) is 20.4. The van der Waals surface area contributed by atoms with Crippen LogP contribution in [0.15, 0.2) is 61.2 Å². The number of amides is 1. The molecule has 0 bridgehead atoms. The number of nitrogens with zero attached hydrogens (tertiary/aromatic N) is 5. The minimum Gasteiger partial charge on any atom is -0.496 e. The van der Waals surface area contributed by atoms with E-state index in [-0.39, 0.29) is 5.91 Å². The molecule has 146 valence electrons. The summed E-state index contributed by atoms with van der Waals surface area (Å²) in [6, 6.07) is 12.6. The first kappa shape index (κ1) is 18.7. The van der Waals surface area contributed by atoms with E-state index in [1.807, 2.05) is 48.1 Å². The Morgan fingerprint density at radius 3 is 2.62 bits per heavy atom. The van der Waals surface area contributed by atoms with Crippen LogP contribution in [0, 0.1) is 6.92 Å². The Kier molecular flexibility index (Phi) is 5.01. The molecule has 29 heavy (non-hydrogen) atoms. The number of nitrogens with one attached hydrogen (secondary N) is 1. The molecule has 1 N–H and O–H groups in total. The number of carbonyl (C=O) groups is 1. The van der Waals surface area contributed by atoms with Crippen LogP contribution in [0.25, 0.3) is 11.4 Å². The maximum Gasteiger partial charge on any atom is 0.259 e. The van der Waals surface area contributed by atoms with E-state index >= 15 is 0 Å². The molecule has 0 radical (unpaired) electrons. The fraction of sp³-hybridized carbons (Fsp3) is 0.100. The summed E-state index contributed by atoms with van der Waals surface area (Å²) >= 11 is 6.43. The minimum atomic E-state index is -0.339. The first-order chi connectivity index (χ1) is 14.1. The quantitative estimate of drug-likeness (QED) is 0.544. The number of rotatable bonds is 5. The van der Waals surface area contributed by atoms with E-state index in [0.717, 1.165) is 16.9 Å². The van der Waals surface area contributed by atoms with Gasteiger partial charge in [-0.05, 0) is 53.2 Å². The Hall–Kier alpha value is -3.65. The molecule has 0 aliphatic heterocycles. The molecule has 2 aromatic carbocycles. The Labute approximate surface area is 171 Å². The largest absolute Gasteiger partial charge is 0.496 e. The number of aryl methyl sites for hydroxylation is 1. The average Bonchev–Trinajstić information content (AvgIpc) is 3.43. The molecule has 0 aliphatic rings. The predicted molar refractivity (Wildman–Crippen MR) is 109 cm³/mol. The molecule has 0 saturated heterocycles. The molecule has 4 aromatic rings. The van der Waals surface area contributed by atoms with Crippen LogP contribution < -0.4 is 10.1 Å². The van der Waals surface area contributed by atoms with E-state index < -0.39 is 0 Å². The topological polar surface area (TPSA) is 86.9 Å². The molecular weight excluding hydrogens is 392 g/mol. The summed E-state index contributed by atoms with van der Waals surface area (Å²) in [5, 5.41) is 14.5. The van der Waals surface area contributed by atoms with Gasteiger partial charge in [-0.15, -0.1) is 5.10 Å². The number of aromatic nitrogens is 5. The number of anilines is 1. The maximum atomic E-state index is 12.9. The fourth-order valence-corrected chi connectivity index (χ4v) is 3.25. The number of ether oxygens (including phenoxy) is 1. The lowest BCUT2D eigenvalue weighted by molar-refractivity contribution is 0.102. The summed E-state index contributed by atoms with van der Waals surface area (Å²) in [6.07, 6.45) is 5.23. The van der Waals surface area contributed by atoms with Gasteiger partial charge in [-0.2, -0.15) is 0 Å². The van der Waals surface area contributed by atoms with Gasteiger partial charge in [0, 0.05) is 24.1 Å². The summed E-state index contributed by atoms with van der Waals surface area (Å²) in [6.45, 7) is 1.94. The molecule has 0 spiro atoms. The van der Waals surface area contributed by atoms with E-state index in [2.05, 4.69) is 20.8 Å². The van der Waals surface area contributed by atoms with E-state index in [0.29, 0.717) is 22.0 Å². The second-order valence-electron chi connectivity index (χ2n) is 6.30. The van der Waals surface area contributed by atoms with Gasteiger partial charge in [0.2, 0.25) is 0 Å². The number of halogens is 1. The first-order valence-electron chi connectivity index (χ1n) is 8.73. The van der Waals surface area contributed by atoms with Gasteiger partial charge in [0.05, 0.1) is 29.1 Å². The monoisotopic (exact) mass is 408 g/mol. The first-order valence-corrected chi connectivity index (χ1v) is 9.11. The van der Waals surface area contributed by atoms with Gasteiger partial charge >= 0.3 is 0 Å². The Morgan fingerprint density at radius 1 is 1.14 bits per heavy atom. The van der Waals surface area contributed by atoms with E-state index in [4.69, 9.17) is 16.3 Å². The Morgan fingerprint density at radius 2 is 1.93 bits per heavy atom. The zero-order valence-electron chi connectivity index (χ0n) is 15.7. The normalized spacial score (nSPS) is 10.7. The molecule has 4 rings (SSSR count). The van der Waals surface area contributed by atoms with Crippen molar-refractivity contribution in [3.63, 3.8) is 0 Å². The highest BCUT2D eigenvalue weighted by molar-refractivity contribution is 6.33. The lowest BCUT2D eigenvalue weighted by Crippen LogP contribution is -2.14. The fourth-order valence-electron chi connectivity index (χ4n) is 2.99. The molecule has 0 atom stereocenters. The Bertz CT molecular complexity index is 1160. The summed E-state index contributed by atoms with van der Waals surface area (Å²) in [5.41, 5.74) is 3.38. The number of tetrazole rings is 1. The number of hydrogen-bond acceptors (Lipinski definition) is 5. The van der Waals surface area contributed by atoms with Gasteiger partial charge in [0.25, 0.3) is 5.91 Å². The van der Waals surface area contributed by atoms with Crippen molar-refractivity contribution in [2.24, 2.45) is 0 Å². The average molecular weight is 409 g/mol. The van der Waals surface area contributed by atoms with Crippen molar-refractivity contribution in [2.75, 3.05) is 12.4 Å². The molecule has 1 amide bonds. The molecule has 2 aromatic heterocycles.